The van der Waals surface area contributed by atoms with E-state index in [1.165, 1.54) is 18.9 Å². The number of aliphatic hydroxyl groups is 1. The lowest BCUT2D eigenvalue weighted by atomic mass is 9.98. The molecular weight excluding hydrogens is 253 g/mol. The van der Waals surface area contributed by atoms with Gasteiger partial charge in [-0.1, -0.05) is 24.8 Å². The SMILES string of the molecule is CC1CCN(Cc2ccc(F)c(C#CCCO)c2)CC1. The number of benzene rings is 1. The standard InChI is InChI=1S/C17H22FNO/c1-14-7-9-19(10-8-14)13-15-5-6-17(18)16(12-15)4-2-3-11-20/h5-6,12,14,20H,3,7-11,13H2,1H3. The van der Waals surface area contributed by atoms with Crippen LogP contribution in [0.2, 0.25) is 0 Å². The predicted molar refractivity (Wildman–Crippen MR) is 78.7 cm³/mol. The van der Waals surface area contributed by atoms with Crippen LogP contribution >= 0.6 is 0 Å². The molecule has 0 radical (unpaired) electrons. The summed E-state index contributed by atoms with van der Waals surface area (Å²) in [7, 11) is 0. The molecule has 1 aromatic rings. The lowest BCUT2D eigenvalue weighted by Crippen LogP contribution is -2.32. The first-order chi connectivity index (χ1) is 9.69. The molecule has 0 amide bonds. The lowest BCUT2D eigenvalue weighted by Gasteiger charge is -2.30. The zero-order valence-corrected chi connectivity index (χ0v) is 12.0. The first-order valence-electron chi connectivity index (χ1n) is 7.29. The van der Waals surface area contributed by atoms with Crippen LogP contribution in [0, 0.1) is 23.6 Å². The highest BCUT2D eigenvalue weighted by atomic mass is 19.1. The molecule has 1 aliphatic heterocycles. The minimum absolute atomic E-state index is 0.0142. The Morgan fingerprint density at radius 1 is 1.35 bits per heavy atom. The largest absolute Gasteiger partial charge is 0.395 e. The van der Waals surface area contributed by atoms with Crippen molar-refractivity contribution in [3.63, 3.8) is 0 Å². The molecule has 108 valence electrons. The van der Waals surface area contributed by atoms with Gasteiger partial charge in [-0.15, -0.1) is 0 Å². The molecule has 2 rings (SSSR count). The summed E-state index contributed by atoms with van der Waals surface area (Å²) in [5, 5.41) is 8.70. The third kappa shape index (κ3) is 4.33. The average Bonchev–Trinajstić information content (AvgIpc) is 2.45. The summed E-state index contributed by atoms with van der Waals surface area (Å²) in [4.78, 5) is 2.41. The van der Waals surface area contributed by atoms with Crippen molar-refractivity contribution in [1.29, 1.82) is 0 Å². The third-order valence-electron chi connectivity index (χ3n) is 3.77. The molecule has 1 saturated heterocycles. The quantitative estimate of drug-likeness (QED) is 0.857. The smallest absolute Gasteiger partial charge is 0.138 e. The van der Waals surface area contributed by atoms with Crippen LogP contribution in [0.4, 0.5) is 4.39 Å². The fourth-order valence-electron chi connectivity index (χ4n) is 2.46. The molecule has 1 aliphatic rings. The Labute approximate surface area is 120 Å². The minimum atomic E-state index is -0.286. The highest BCUT2D eigenvalue weighted by molar-refractivity contribution is 5.38. The Bertz CT molecular complexity index is 495. The number of piperidine rings is 1. The summed E-state index contributed by atoms with van der Waals surface area (Å²) in [6, 6.07) is 5.16. The zero-order chi connectivity index (χ0) is 14.4. The number of nitrogens with zero attached hydrogens (tertiary/aromatic N) is 1. The Hall–Kier alpha value is -1.37. The van der Waals surface area contributed by atoms with Gasteiger partial charge < -0.3 is 5.11 Å². The van der Waals surface area contributed by atoms with E-state index < -0.39 is 0 Å². The summed E-state index contributed by atoms with van der Waals surface area (Å²) < 4.78 is 13.6. The van der Waals surface area contributed by atoms with Crippen molar-refractivity contribution in [2.45, 2.75) is 32.7 Å². The maximum absolute atomic E-state index is 13.6. The molecule has 20 heavy (non-hydrogen) atoms. The van der Waals surface area contributed by atoms with Crippen LogP contribution in [0.15, 0.2) is 18.2 Å². The van der Waals surface area contributed by atoms with Gasteiger partial charge >= 0.3 is 0 Å². The van der Waals surface area contributed by atoms with E-state index in [4.69, 9.17) is 5.11 Å². The van der Waals surface area contributed by atoms with E-state index in [1.54, 1.807) is 0 Å². The van der Waals surface area contributed by atoms with Gasteiger partial charge in [0.1, 0.15) is 5.82 Å². The van der Waals surface area contributed by atoms with E-state index in [-0.39, 0.29) is 12.4 Å². The molecule has 3 heteroatoms. The molecule has 0 aromatic heterocycles. The highest BCUT2D eigenvalue weighted by Gasteiger charge is 2.15. The van der Waals surface area contributed by atoms with Crippen molar-refractivity contribution in [3.05, 3.63) is 35.1 Å². The summed E-state index contributed by atoms with van der Waals surface area (Å²) in [5.41, 5.74) is 1.54. The molecule has 1 fully saturated rings. The van der Waals surface area contributed by atoms with Crippen molar-refractivity contribution < 1.29 is 9.50 Å². The second-order valence-electron chi connectivity index (χ2n) is 5.55. The number of hydrogen-bond acceptors (Lipinski definition) is 2. The van der Waals surface area contributed by atoms with Crippen molar-refractivity contribution in [2.24, 2.45) is 5.92 Å². The van der Waals surface area contributed by atoms with Crippen LogP contribution in [0.5, 0.6) is 0 Å². The first-order valence-corrected chi connectivity index (χ1v) is 7.29. The second-order valence-corrected chi connectivity index (χ2v) is 5.55. The Morgan fingerprint density at radius 3 is 2.80 bits per heavy atom. The van der Waals surface area contributed by atoms with Gasteiger partial charge in [0.05, 0.1) is 12.2 Å². The van der Waals surface area contributed by atoms with Crippen LogP contribution in [0.1, 0.15) is 37.3 Å². The zero-order valence-electron chi connectivity index (χ0n) is 12.0. The Balaban J connectivity index is 2.02. The predicted octanol–water partition coefficient (Wildman–Crippen LogP) is 2.79. The van der Waals surface area contributed by atoms with Crippen LogP contribution in [0.3, 0.4) is 0 Å². The summed E-state index contributed by atoms with van der Waals surface area (Å²) in [6.07, 6.45) is 2.86. The van der Waals surface area contributed by atoms with Gasteiger partial charge in [0.2, 0.25) is 0 Å². The third-order valence-corrected chi connectivity index (χ3v) is 3.77. The van der Waals surface area contributed by atoms with E-state index in [9.17, 15) is 4.39 Å². The maximum atomic E-state index is 13.6. The molecule has 0 unspecified atom stereocenters. The summed E-state index contributed by atoms with van der Waals surface area (Å²) >= 11 is 0. The maximum Gasteiger partial charge on any atom is 0.138 e. The molecule has 0 bridgehead atoms. The molecule has 1 heterocycles. The van der Waals surface area contributed by atoms with Crippen LogP contribution in [-0.4, -0.2) is 29.7 Å². The Morgan fingerprint density at radius 2 is 2.10 bits per heavy atom. The number of hydrogen-bond donors (Lipinski definition) is 1. The molecule has 0 saturated carbocycles. The average molecular weight is 275 g/mol. The lowest BCUT2D eigenvalue weighted by molar-refractivity contribution is 0.185. The topological polar surface area (TPSA) is 23.5 Å². The second kappa shape index (κ2) is 7.42. The van der Waals surface area contributed by atoms with Gasteiger partial charge in [-0.05, 0) is 49.5 Å². The molecule has 0 atom stereocenters. The fraction of sp³-hybridized carbons (Fsp3) is 0.529. The van der Waals surface area contributed by atoms with Gasteiger partial charge in [-0.3, -0.25) is 4.90 Å². The molecule has 1 aromatic carbocycles. The van der Waals surface area contributed by atoms with Gasteiger partial charge in [0, 0.05) is 13.0 Å². The van der Waals surface area contributed by atoms with Gasteiger partial charge in [-0.2, -0.15) is 0 Å². The van der Waals surface area contributed by atoms with E-state index in [0.29, 0.717) is 12.0 Å². The van der Waals surface area contributed by atoms with Crippen molar-refractivity contribution >= 4 is 0 Å². The summed E-state index contributed by atoms with van der Waals surface area (Å²) in [6.45, 7) is 5.40. The number of aliphatic hydroxyl groups excluding tert-OH is 1. The van der Waals surface area contributed by atoms with Crippen LogP contribution in [0.25, 0.3) is 0 Å². The summed E-state index contributed by atoms with van der Waals surface area (Å²) in [5.74, 6) is 6.10. The Kier molecular flexibility index (Phi) is 5.58. The van der Waals surface area contributed by atoms with E-state index in [0.717, 1.165) is 31.1 Å². The van der Waals surface area contributed by atoms with E-state index >= 15 is 0 Å². The van der Waals surface area contributed by atoms with Gasteiger partial charge in [0.25, 0.3) is 0 Å². The normalized spacial score (nSPS) is 16.8. The van der Waals surface area contributed by atoms with E-state index in [2.05, 4.69) is 23.7 Å². The molecule has 1 N–H and O–H groups in total. The number of likely N-dealkylation sites (tertiary alicyclic amines) is 1. The molecular formula is C17H22FNO. The molecule has 2 nitrogen and oxygen atoms in total. The fourth-order valence-corrected chi connectivity index (χ4v) is 2.46. The monoisotopic (exact) mass is 275 g/mol. The molecule has 0 aliphatic carbocycles. The van der Waals surface area contributed by atoms with Gasteiger partial charge in [0.15, 0.2) is 0 Å². The first kappa shape index (κ1) is 15.0. The number of halogens is 1. The van der Waals surface area contributed by atoms with E-state index in [1.807, 2.05) is 12.1 Å². The van der Waals surface area contributed by atoms with Crippen molar-refractivity contribution in [1.82, 2.24) is 4.90 Å². The number of rotatable bonds is 3. The minimum Gasteiger partial charge on any atom is -0.395 e. The molecule has 0 spiro atoms. The highest BCUT2D eigenvalue weighted by Crippen LogP contribution is 2.19. The van der Waals surface area contributed by atoms with Crippen molar-refractivity contribution in [3.8, 4) is 11.8 Å². The van der Waals surface area contributed by atoms with Crippen LogP contribution < -0.4 is 0 Å². The van der Waals surface area contributed by atoms with Crippen LogP contribution in [-0.2, 0) is 6.54 Å². The van der Waals surface area contributed by atoms with Crippen molar-refractivity contribution in [2.75, 3.05) is 19.7 Å². The van der Waals surface area contributed by atoms with Gasteiger partial charge in [-0.25, -0.2) is 4.39 Å².